The van der Waals surface area contributed by atoms with E-state index in [1.807, 2.05) is 0 Å². The second-order valence-electron chi connectivity index (χ2n) is 2.79. The average molecular weight is 210 g/mol. The molecule has 0 saturated carbocycles. The highest BCUT2D eigenvalue weighted by molar-refractivity contribution is 6.13. The first-order chi connectivity index (χ1) is 7.15. The van der Waals surface area contributed by atoms with Crippen molar-refractivity contribution in [3.63, 3.8) is 0 Å². The molecule has 1 aliphatic heterocycles. The Morgan fingerprint density at radius 3 is 2.53 bits per heavy atom. The Labute approximate surface area is 85.9 Å². The van der Waals surface area contributed by atoms with Crippen LogP contribution < -0.4 is 5.32 Å². The Balaban J connectivity index is 2.34. The maximum Gasteiger partial charge on any atom is 0.253 e. The third kappa shape index (κ3) is 2.94. The minimum atomic E-state index is -0.412. The van der Waals surface area contributed by atoms with Crippen LogP contribution in [0.1, 0.15) is 6.42 Å². The van der Waals surface area contributed by atoms with E-state index in [1.54, 1.807) is 0 Å². The quantitative estimate of drug-likeness (QED) is 0.481. The van der Waals surface area contributed by atoms with Gasteiger partial charge in [-0.15, -0.1) is 0 Å². The number of rotatable bonds is 4. The molecule has 0 aliphatic carbocycles. The van der Waals surface area contributed by atoms with Crippen LogP contribution in [0.25, 0.3) is 0 Å². The van der Waals surface area contributed by atoms with Gasteiger partial charge in [-0.3, -0.25) is 19.3 Å². The molecule has 3 amide bonds. The molecule has 0 radical (unpaired) electrons. The van der Waals surface area contributed by atoms with Crippen LogP contribution in [0.5, 0.6) is 0 Å². The van der Waals surface area contributed by atoms with Crippen molar-refractivity contribution >= 4 is 17.7 Å². The largest absolute Gasteiger partial charge is 0.514 e. The Morgan fingerprint density at radius 2 is 2.00 bits per heavy atom. The molecular weight excluding hydrogens is 200 g/mol. The molecule has 1 aliphatic rings. The number of imide groups is 1. The molecule has 6 heteroatoms. The first kappa shape index (κ1) is 11.0. The van der Waals surface area contributed by atoms with Crippen molar-refractivity contribution in [3.8, 4) is 0 Å². The number of nitrogens with zero attached hydrogens (tertiary/aromatic N) is 1. The number of hydrogen-bond acceptors (Lipinski definition) is 4. The summed E-state index contributed by atoms with van der Waals surface area (Å²) in [5.41, 5.74) is 0. The highest BCUT2D eigenvalue weighted by Gasteiger charge is 2.23. The summed E-state index contributed by atoms with van der Waals surface area (Å²) in [5.74, 6) is -1.20. The van der Waals surface area contributed by atoms with E-state index in [2.05, 4.69) is 5.32 Å². The molecular formula is C9H10N2O4. The van der Waals surface area contributed by atoms with Crippen molar-refractivity contribution in [2.75, 3.05) is 6.54 Å². The Hall–Kier alpha value is -2.11. The number of aliphatic hydroxyl groups excluding tert-OH is 1. The molecule has 15 heavy (non-hydrogen) atoms. The molecule has 0 aromatic heterocycles. The van der Waals surface area contributed by atoms with Gasteiger partial charge in [0, 0.05) is 31.3 Å². The standard InChI is InChI=1S/C9H10N2O4/c12-6-4-10-7(13)3-5-11-8(14)1-2-9(11)15/h1-2,4,6,12H,3,5H2,(H,10,13)/b6-4-. The van der Waals surface area contributed by atoms with Crippen LogP contribution in [0.4, 0.5) is 0 Å². The van der Waals surface area contributed by atoms with Gasteiger partial charge >= 0.3 is 0 Å². The molecule has 80 valence electrons. The van der Waals surface area contributed by atoms with Crippen molar-refractivity contribution in [1.82, 2.24) is 10.2 Å². The van der Waals surface area contributed by atoms with Crippen LogP contribution in [-0.2, 0) is 14.4 Å². The SMILES string of the molecule is O=C(CCN1C(=O)C=CC1=O)N/C=C\O. The lowest BCUT2D eigenvalue weighted by Crippen LogP contribution is -2.33. The fourth-order valence-electron chi connectivity index (χ4n) is 1.07. The third-order valence-corrected chi connectivity index (χ3v) is 1.78. The van der Waals surface area contributed by atoms with E-state index in [0.29, 0.717) is 6.26 Å². The summed E-state index contributed by atoms with van der Waals surface area (Å²) in [6, 6.07) is 0. The first-order valence-corrected chi connectivity index (χ1v) is 4.27. The Bertz CT molecular complexity index is 328. The summed E-state index contributed by atoms with van der Waals surface area (Å²) < 4.78 is 0. The number of hydrogen-bond donors (Lipinski definition) is 2. The number of carbonyl (C=O) groups is 3. The molecule has 6 nitrogen and oxygen atoms in total. The molecule has 0 unspecified atom stereocenters. The molecule has 0 saturated heterocycles. The maximum atomic E-state index is 11.0. The van der Waals surface area contributed by atoms with E-state index >= 15 is 0 Å². The van der Waals surface area contributed by atoms with Gasteiger partial charge in [0.05, 0.1) is 6.26 Å². The number of nitrogens with one attached hydrogen (secondary N) is 1. The van der Waals surface area contributed by atoms with Crippen molar-refractivity contribution < 1.29 is 19.5 Å². The summed E-state index contributed by atoms with van der Waals surface area (Å²) in [6.45, 7) is 0.0375. The minimum absolute atomic E-state index is 0.00347. The predicted octanol–water partition coefficient (Wildman–Crippen LogP) is -0.553. The second-order valence-corrected chi connectivity index (χ2v) is 2.79. The number of amides is 3. The average Bonchev–Trinajstić information content (AvgIpc) is 2.53. The van der Waals surface area contributed by atoms with Gasteiger partial charge in [-0.1, -0.05) is 0 Å². The fourth-order valence-corrected chi connectivity index (χ4v) is 1.07. The van der Waals surface area contributed by atoms with Gasteiger partial charge in [-0.05, 0) is 0 Å². The van der Waals surface area contributed by atoms with E-state index in [0.717, 1.165) is 23.3 Å². The summed E-state index contributed by atoms with van der Waals surface area (Å²) in [6.07, 6.45) is 4.07. The van der Waals surface area contributed by atoms with E-state index in [-0.39, 0.29) is 18.9 Å². The fraction of sp³-hybridized carbons (Fsp3) is 0.222. The smallest absolute Gasteiger partial charge is 0.253 e. The van der Waals surface area contributed by atoms with E-state index in [4.69, 9.17) is 5.11 Å². The van der Waals surface area contributed by atoms with Crippen LogP contribution in [0.15, 0.2) is 24.6 Å². The van der Waals surface area contributed by atoms with Gasteiger partial charge < -0.3 is 10.4 Å². The van der Waals surface area contributed by atoms with Crippen molar-refractivity contribution in [1.29, 1.82) is 0 Å². The van der Waals surface area contributed by atoms with Crippen LogP contribution in [-0.4, -0.2) is 34.3 Å². The lowest BCUT2D eigenvalue weighted by molar-refractivity contribution is -0.137. The van der Waals surface area contributed by atoms with E-state index < -0.39 is 11.8 Å². The van der Waals surface area contributed by atoms with Gasteiger partial charge in [-0.25, -0.2) is 0 Å². The van der Waals surface area contributed by atoms with Crippen molar-refractivity contribution in [2.24, 2.45) is 0 Å². The third-order valence-electron chi connectivity index (χ3n) is 1.78. The zero-order valence-corrected chi connectivity index (χ0v) is 7.84. The maximum absolute atomic E-state index is 11.0. The molecule has 1 heterocycles. The lowest BCUT2D eigenvalue weighted by atomic mass is 10.3. The number of carbonyl (C=O) groups excluding carboxylic acids is 3. The summed E-state index contributed by atoms with van der Waals surface area (Å²) >= 11 is 0. The van der Waals surface area contributed by atoms with Crippen LogP contribution in [0, 0.1) is 0 Å². The van der Waals surface area contributed by atoms with Gasteiger partial charge in [0.1, 0.15) is 0 Å². The lowest BCUT2D eigenvalue weighted by Gasteiger charge is -2.12. The van der Waals surface area contributed by atoms with Crippen molar-refractivity contribution in [3.05, 3.63) is 24.6 Å². The molecule has 0 atom stereocenters. The number of aliphatic hydroxyl groups is 1. The van der Waals surface area contributed by atoms with E-state index in [1.165, 1.54) is 0 Å². The van der Waals surface area contributed by atoms with E-state index in [9.17, 15) is 14.4 Å². The topological polar surface area (TPSA) is 86.7 Å². The zero-order valence-electron chi connectivity index (χ0n) is 7.84. The molecule has 0 aromatic carbocycles. The molecule has 0 aromatic rings. The van der Waals surface area contributed by atoms with Crippen LogP contribution >= 0.6 is 0 Å². The van der Waals surface area contributed by atoms with Crippen LogP contribution in [0.3, 0.4) is 0 Å². The highest BCUT2D eigenvalue weighted by atomic mass is 16.2. The summed E-state index contributed by atoms with van der Waals surface area (Å²) in [4.78, 5) is 34.1. The highest BCUT2D eigenvalue weighted by Crippen LogP contribution is 2.03. The molecule has 1 rings (SSSR count). The minimum Gasteiger partial charge on any atom is -0.514 e. The Kier molecular flexibility index (Phi) is 3.61. The molecule has 0 fully saturated rings. The normalized spacial score (nSPS) is 15.3. The second kappa shape index (κ2) is 4.94. The van der Waals surface area contributed by atoms with Crippen LogP contribution in [0.2, 0.25) is 0 Å². The predicted molar refractivity (Wildman–Crippen MR) is 50.4 cm³/mol. The molecule has 0 bridgehead atoms. The Morgan fingerprint density at radius 1 is 1.40 bits per heavy atom. The van der Waals surface area contributed by atoms with Gasteiger partial charge in [0.25, 0.3) is 11.8 Å². The summed E-state index contributed by atoms with van der Waals surface area (Å²) in [7, 11) is 0. The first-order valence-electron chi connectivity index (χ1n) is 4.27. The van der Waals surface area contributed by atoms with Gasteiger partial charge in [0.15, 0.2) is 0 Å². The van der Waals surface area contributed by atoms with Gasteiger partial charge in [-0.2, -0.15) is 0 Å². The molecule has 2 N–H and O–H groups in total. The van der Waals surface area contributed by atoms with Gasteiger partial charge in [0.2, 0.25) is 5.91 Å². The molecule has 0 spiro atoms. The monoisotopic (exact) mass is 210 g/mol. The zero-order chi connectivity index (χ0) is 11.3. The van der Waals surface area contributed by atoms with Crippen molar-refractivity contribution in [2.45, 2.75) is 6.42 Å². The summed E-state index contributed by atoms with van der Waals surface area (Å²) in [5, 5.41) is 10.5.